The SMILES string of the molecule is CCc1nc2ccc(C3CCN(CC(=O)NCCCO)CC3)cn2c1N(C)c1nc(-c2ccc(F)cc2)cs1. The van der Waals surface area contributed by atoms with Crippen molar-refractivity contribution >= 4 is 33.8 Å². The lowest BCUT2D eigenvalue weighted by molar-refractivity contribution is -0.122. The number of hydrogen-bond donors (Lipinski definition) is 2. The number of carbonyl (C=O) groups is 1. The summed E-state index contributed by atoms with van der Waals surface area (Å²) >= 11 is 1.56. The Morgan fingerprint density at radius 2 is 1.95 bits per heavy atom. The first-order valence-electron chi connectivity index (χ1n) is 13.5. The molecular formula is C29H35FN6O2S. The normalized spacial score (nSPS) is 14.7. The summed E-state index contributed by atoms with van der Waals surface area (Å²) in [6, 6.07) is 10.7. The Bertz CT molecular complexity index is 1410. The van der Waals surface area contributed by atoms with E-state index < -0.39 is 0 Å². The smallest absolute Gasteiger partial charge is 0.234 e. The number of likely N-dealkylation sites (tertiary alicyclic amines) is 1. The van der Waals surface area contributed by atoms with Gasteiger partial charge in [-0.25, -0.2) is 14.4 Å². The minimum Gasteiger partial charge on any atom is -0.396 e. The number of aliphatic hydroxyl groups excluding tert-OH is 1. The van der Waals surface area contributed by atoms with E-state index in [1.54, 1.807) is 23.5 Å². The molecule has 3 aromatic heterocycles. The summed E-state index contributed by atoms with van der Waals surface area (Å²) in [5.41, 5.74) is 4.90. The van der Waals surface area contributed by atoms with Crippen LogP contribution in [0, 0.1) is 5.82 Å². The van der Waals surface area contributed by atoms with Gasteiger partial charge in [-0.1, -0.05) is 13.0 Å². The average Bonchev–Trinajstić information content (AvgIpc) is 3.59. The number of anilines is 2. The zero-order chi connectivity index (χ0) is 27.4. The fraction of sp³-hybridized carbons (Fsp3) is 0.414. The first kappa shape index (κ1) is 27.2. The number of aliphatic hydroxyl groups is 1. The maximum Gasteiger partial charge on any atom is 0.234 e. The highest BCUT2D eigenvalue weighted by molar-refractivity contribution is 7.14. The summed E-state index contributed by atoms with van der Waals surface area (Å²) in [6.45, 7) is 4.87. The van der Waals surface area contributed by atoms with Crippen molar-refractivity contribution in [2.45, 2.75) is 38.5 Å². The molecule has 5 rings (SSSR count). The fourth-order valence-corrected chi connectivity index (χ4v) is 5.99. The van der Waals surface area contributed by atoms with Gasteiger partial charge >= 0.3 is 0 Å². The van der Waals surface area contributed by atoms with Crippen molar-refractivity contribution in [2.24, 2.45) is 0 Å². The molecule has 8 nitrogen and oxygen atoms in total. The van der Waals surface area contributed by atoms with Crippen molar-refractivity contribution in [2.75, 3.05) is 44.7 Å². The molecule has 0 saturated carbocycles. The minimum absolute atomic E-state index is 0.0197. The number of hydrogen-bond acceptors (Lipinski definition) is 7. The highest BCUT2D eigenvalue weighted by Crippen LogP contribution is 2.35. The molecule has 1 aromatic carbocycles. The standard InChI is InChI=1S/C29H35FN6O2S/c1-3-24-28(34(2)29-33-25(19-39-29)21-5-8-23(30)9-6-21)36-17-22(7-10-26(36)32-24)20-11-14-35(15-12-20)18-27(38)31-13-4-16-37/h5-10,17,19-20,37H,3-4,11-16,18H2,1-2H3,(H,31,38). The van der Waals surface area contributed by atoms with Crippen LogP contribution < -0.4 is 10.2 Å². The van der Waals surface area contributed by atoms with Crippen LogP contribution in [-0.4, -0.2) is 70.1 Å². The quantitative estimate of drug-likeness (QED) is 0.281. The van der Waals surface area contributed by atoms with E-state index in [2.05, 4.69) is 44.8 Å². The highest BCUT2D eigenvalue weighted by Gasteiger charge is 2.24. The van der Waals surface area contributed by atoms with Crippen LogP contribution in [-0.2, 0) is 11.2 Å². The molecule has 0 atom stereocenters. The monoisotopic (exact) mass is 550 g/mol. The van der Waals surface area contributed by atoms with Gasteiger partial charge in [0.25, 0.3) is 0 Å². The zero-order valence-corrected chi connectivity index (χ0v) is 23.3. The molecule has 0 radical (unpaired) electrons. The number of piperidine rings is 1. The Morgan fingerprint density at radius 1 is 1.18 bits per heavy atom. The summed E-state index contributed by atoms with van der Waals surface area (Å²) in [6.07, 6.45) is 5.57. The van der Waals surface area contributed by atoms with Crippen molar-refractivity contribution in [3.05, 3.63) is 65.0 Å². The van der Waals surface area contributed by atoms with Gasteiger partial charge in [-0.3, -0.25) is 14.1 Å². The summed E-state index contributed by atoms with van der Waals surface area (Å²) < 4.78 is 15.6. The second kappa shape index (κ2) is 12.2. The van der Waals surface area contributed by atoms with Crippen LogP contribution in [0.5, 0.6) is 0 Å². The van der Waals surface area contributed by atoms with Gasteiger partial charge in [0.15, 0.2) is 5.13 Å². The third-order valence-electron chi connectivity index (χ3n) is 7.34. The van der Waals surface area contributed by atoms with Crippen LogP contribution in [0.3, 0.4) is 0 Å². The topological polar surface area (TPSA) is 86.0 Å². The third kappa shape index (κ3) is 6.13. The molecule has 2 N–H and O–H groups in total. The molecule has 0 bridgehead atoms. The molecule has 0 aliphatic carbocycles. The van der Waals surface area contributed by atoms with E-state index >= 15 is 0 Å². The van der Waals surface area contributed by atoms with Gasteiger partial charge in [-0.15, -0.1) is 11.3 Å². The number of aromatic nitrogens is 3. The van der Waals surface area contributed by atoms with Crippen LogP contribution in [0.25, 0.3) is 16.9 Å². The Kier molecular flexibility index (Phi) is 8.54. The van der Waals surface area contributed by atoms with Crippen molar-refractivity contribution < 1.29 is 14.3 Å². The maximum atomic E-state index is 13.4. The van der Waals surface area contributed by atoms with Gasteiger partial charge in [-0.2, -0.15) is 0 Å². The third-order valence-corrected chi connectivity index (χ3v) is 8.26. The fourth-order valence-electron chi connectivity index (χ4n) is 5.18. The lowest BCUT2D eigenvalue weighted by Gasteiger charge is -2.31. The highest BCUT2D eigenvalue weighted by atomic mass is 32.1. The number of imidazole rings is 1. The molecule has 206 valence electrons. The van der Waals surface area contributed by atoms with Crippen LogP contribution in [0.4, 0.5) is 15.3 Å². The first-order valence-corrected chi connectivity index (χ1v) is 14.4. The van der Waals surface area contributed by atoms with Crippen molar-refractivity contribution in [3.8, 4) is 11.3 Å². The van der Waals surface area contributed by atoms with Crippen molar-refractivity contribution in [1.29, 1.82) is 0 Å². The van der Waals surface area contributed by atoms with Gasteiger partial charge in [0.1, 0.15) is 17.3 Å². The first-order chi connectivity index (χ1) is 19.0. The number of carbonyl (C=O) groups excluding carboxylic acids is 1. The summed E-state index contributed by atoms with van der Waals surface area (Å²) in [5.74, 6) is 1.18. The van der Waals surface area contributed by atoms with Gasteiger partial charge in [0.2, 0.25) is 5.91 Å². The number of rotatable bonds is 10. The Balaban J connectivity index is 1.32. The molecule has 0 unspecified atom stereocenters. The Morgan fingerprint density at radius 3 is 2.67 bits per heavy atom. The second-order valence-corrected chi connectivity index (χ2v) is 10.8. The van der Waals surface area contributed by atoms with Crippen molar-refractivity contribution in [3.63, 3.8) is 0 Å². The molecule has 1 saturated heterocycles. The number of benzene rings is 1. The molecule has 0 spiro atoms. The summed E-state index contributed by atoms with van der Waals surface area (Å²) in [4.78, 5) is 26.2. The van der Waals surface area contributed by atoms with Crippen LogP contribution >= 0.6 is 11.3 Å². The number of thiazole rings is 1. The summed E-state index contributed by atoms with van der Waals surface area (Å²) in [7, 11) is 2.02. The number of pyridine rings is 1. The predicted molar refractivity (Wildman–Crippen MR) is 153 cm³/mol. The molecule has 1 fully saturated rings. The number of nitrogens with one attached hydrogen (secondary N) is 1. The van der Waals surface area contributed by atoms with E-state index in [9.17, 15) is 9.18 Å². The maximum absolute atomic E-state index is 13.4. The summed E-state index contributed by atoms with van der Waals surface area (Å²) in [5, 5.41) is 14.6. The van der Waals surface area contributed by atoms with Crippen LogP contribution in [0.1, 0.15) is 43.4 Å². The van der Waals surface area contributed by atoms with Gasteiger partial charge in [0, 0.05) is 37.3 Å². The zero-order valence-electron chi connectivity index (χ0n) is 22.4. The Labute approximate surface area is 232 Å². The number of fused-ring (bicyclic) bond motifs is 1. The predicted octanol–water partition coefficient (Wildman–Crippen LogP) is 4.61. The Hall–Kier alpha value is -3.34. The number of aryl methyl sites for hydroxylation is 1. The van der Waals surface area contributed by atoms with E-state index in [-0.39, 0.29) is 18.3 Å². The number of nitrogens with zero attached hydrogens (tertiary/aromatic N) is 5. The average molecular weight is 551 g/mol. The largest absolute Gasteiger partial charge is 0.396 e. The van der Waals surface area contributed by atoms with E-state index in [1.807, 2.05) is 12.4 Å². The van der Waals surface area contributed by atoms with E-state index in [0.717, 1.165) is 65.9 Å². The molecular weight excluding hydrogens is 515 g/mol. The lowest BCUT2D eigenvalue weighted by atomic mass is 9.90. The van der Waals surface area contributed by atoms with E-state index in [0.29, 0.717) is 25.4 Å². The van der Waals surface area contributed by atoms with Gasteiger partial charge < -0.3 is 15.3 Å². The second-order valence-electron chi connectivity index (χ2n) is 9.99. The van der Waals surface area contributed by atoms with Crippen LogP contribution in [0.2, 0.25) is 0 Å². The lowest BCUT2D eigenvalue weighted by Crippen LogP contribution is -2.41. The number of amides is 1. The van der Waals surface area contributed by atoms with E-state index in [1.165, 1.54) is 17.7 Å². The number of halogens is 1. The molecule has 1 aliphatic heterocycles. The molecule has 39 heavy (non-hydrogen) atoms. The molecule has 1 aliphatic rings. The molecule has 10 heteroatoms. The van der Waals surface area contributed by atoms with Crippen molar-refractivity contribution in [1.82, 2.24) is 24.6 Å². The molecule has 1 amide bonds. The minimum atomic E-state index is -0.258. The van der Waals surface area contributed by atoms with Crippen LogP contribution in [0.15, 0.2) is 48.0 Å². The molecule has 4 aromatic rings. The van der Waals surface area contributed by atoms with E-state index in [4.69, 9.17) is 15.1 Å². The molecule has 4 heterocycles. The van der Waals surface area contributed by atoms with Gasteiger partial charge in [-0.05, 0) is 80.6 Å². The van der Waals surface area contributed by atoms with Gasteiger partial charge in [0.05, 0.1) is 17.9 Å².